The summed E-state index contributed by atoms with van der Waals surface area (Å²) in [7, 11) is 1.26. The molecule has 59 heavy (non-hydrogen) atoms. The lowest BCUT2D eigenvalue weighted by Crippen LogP contribution is -2.40. The van der Waals surface area contributed by atoms with Gasteiger partial charge in [-0.15, -0.1) is 5.10 Å². The molecule has 0 aliphatic heterocycles. The van der Waals surface area contributed by atoms with Gasteiger partial charge in [0.05, 0.1) is 43.2 Å². The van der Waals surface area contributed by atoms with Crippen LogP contribution < -0.4 is 24.8 Å². The van der Waals surface area contributed by atoms with E-state index in [0.717, 1.165) is 33.6 Å². The molecule has 0 radical (unpaired) electrons. The molecule has 17 heteroatoms. The van der Waals surface area contributed by atoms with E-state index < -0.39 is 37.2 Å². The Balaban J connectivity index is 1.24. The van der Waals surface area contributed by atoms with Crippen molar-refractivity contribution >= 4 is 23.5 Å². The summed E-state index contributed by atoms with van der Waals surface area (Å²) in [5, 5.41) is 51.8. The molecule has 0 spiro atoms. The summed E-state index contributed by atoms with van der Waals surface area (Å²) in [5.41, 5.74) is 7.10. The number of rotatable bonds is 22. The summed E-state index contributed by atoms with van der Waals surface area (Å²) in [6.45, 7) is 4.56. The van der Waals surface area contributed by atoms with Crippen LogP contribution in [0, 0.1) is 25.2 Å². The summed E-state index contributed by atoms with van der Waals surface area (Å²) in [4.78, 5) is 27.3. The van der Waals surface area contributed by atoms with E-state index in [-0.39, 0.29) is 31.3 Å². The number of hydrogen-bond donors (Lipinski definition) is 5. The second kappa shape index (κ2) is 21.6. The van der Waals surface area contributed by atoms with Crippen LogP contribution in [0.3, 0.4) is 0 Å². The van der Waals surface area contributed by atoms with Gasteiger partial charge < -0.3 is 34.3 Å². The first kappa shape index (κ1) is 44.0. The number of nitrogens with zero attached hydrogens (tertiary/aromatic N) is 5. The number of methoxy groups -OCH3 is 1. The van der Waals surface area contributed by atoms with Gasteiger partial charge in [0.25, 0.3) is 0 Å². The SMILES string of the molecule is COC(=O)[C@@H](CO)NCc1cn(CCCOc2cccc(-c3cccc(COc4cc(OCc5cncc(C#N)c5)c(CN[C@H](CO)C(=O)O)cc4Cl)c3C)c2C)nn1. The number of aryl methyl sites for hydroxylation is 1. The van der Waals surface area contributed by atoms with Crippen LogP contribution in [0.25, 0.3) is 11.1 Å². The zero-order valence-electron chi connectivity index (χ0n) is 32.9. The maximum atomic E-state index is 11.7. The number of aliphatic carboxylic acids is 1. The number of pyridine rings is 1. The summed E-state index contributed by atoms with van der Waals surface area (Å²) in [5.74, 6) is -0.296. The van der Waals surface area contributed by atoms with E-state index in [1.54, 1.807) is 35.3 Å². The van der Waals surface area contributed by atoms with E-state index in [4.69, 9.17) is 25.8 Å². The minimum absolute atomic E-state index is 0.0289. The number of nitriles is 1. The van der Waals surface area contributed by atoms with Crippen LogP contribution in [-0.2, 0) is 47.2 Å². The van der Waals surface area contributed by atoms with Gasteiger partial charge in [-0.25, -0.2) is 0 Å². The molecule has 2 aromatic heterocycles. The lowest BCUT2D eigenvalue weighted by atomic mass is 9.93. The van der Waals surface area contributed by atoms with Gasteiger partial charge in [-0.05, 0) is 59.9 Å². The maximum Gasteiger partial charge on any atom is 0.325 e. The van der Waals surface area contributed by atoms with Crippen LogP contribution in [0.2, 0.25) is 5.02 Å². The van der Waals surface area contributed by atoms with Gasteiger partial charge in [0, 0.05) is 61.8 Å². The third kappa shape index (κ3) is 12.0. The number of carboxylic acids is 1. The van der Waals surface area contributed by atoms with E-state index >= 15 is 0 Å². The normalized spacial score (nSPS) is 12.0. The van der Waals surface area contributed by atoms with Crippen molar-refractivity contribution < 1.29 is 43.9 Å². The summed E-state index contributed by atoms with van der Waals surface area (Å²) in [6, 6.07) is 16.9. The van der Waals surface area contributed by atoms with E-state index in [1.807, 2.05) is 50.2 Å². The van der Waals surface area contributed by atoms with E-state index in [1.165, 1.54) is 13.3 Å². The van der Waals surface area contributed by atoms with Gasteiger partial charge in [-0.3, -0.25) is 29.9 Å². The monoisotopic (exact) mass is 827 g/mol. The lowest BCUT2D eigenvalue weighted by Gasteiger charge is -2.19. The molecule has 0 bridgehead atoms. The molecule has 2 heterocycles. The summed E-state index contributed by atoms with van der Waals surface area (Å²) < 4.78 is 25.0. The number of benzene rings is 3. The van der Waals surface area contributed by atoms with Crippen LogP contribution in [0.4, 0.5) is 0 Å². The molecule has 310 valence electrons. The number of hydrogen-bond acceptors (Lipinski definition) is 14. The Bertz CT molecular complexity index is 2260. The van der Waals surface area contributed by atoms with Gasteiger partial charge >= 0.3 is 11.9 Å². The number of aliphatic hydroxyl groups is 2. The Morgan fingerprint density at radius 3 is 2.34 bits per heavy atom. The molecule has 0 unspecified atom stereocenters. The van der Waals surface area contributed by atoms with Crippen molar-refractivity contribution in [3.05, 3.63) is 117 Å². The summed E-state index contributed by atoms with van der Waals surface area (Å²) >= 11 is 6.71. The molecule has 5 aromatic rings. The van der Waals surface area contributed by atoms with Gasteiger partial charge in [-0.2, -0.15) is 5.26 Å². The van der Waals surface area contributed by atoms with Crippen LogP contribution in [0.15, 0.2) is 73.2 Å². The minimum Gasteiger partial charge on any atom is -0.493 e. The molecule has 2 atom stereocenters. The fourth-order valence-electron chi connectivity index (χ4n) is 6.09. The Kier molecular flexibility index (Phi) is 16.1. The number of carboxylic acid groups (broad SMARTS) is 1. The van der Waals surface area contributed by atoms with Crippen LogP contribution in [0.5, 0.6) is 17.2 Å². The second-order valence-corrected chi connectivity index (χ2v) is 13.9. The molecule has 3 aromatic carbocycles. The molecular formula is C42H46ClN7O9. The van der Waals surface area contributed by atoms with Gasteiger partial charge in [0.2, 0.25) is 0 Å². The number of aliphatic hydroxyl groups excluding tert-OH is 2. The first-order chi connectivity index (χ1) is 28.5. The number of nitrogens with one attached hydrogen (secondary N) is 2. The maximum absolute atomic E-state index is 11.7. The Hall–Kier alpha value is -6.09. The third-order valence-electron chi connectivity index (χ3n) is 9.43. The Morgan fingerprint density at radius 1 is 0.881 bits per heavy atom. The first-order valence-electron chi connectivity index (χ1n) is 18.7. The quantitative estimate of drug-likeness (QED) is 0.0486. The lowest BCUT2D eigenvalue weighted by molar-refractivity contribution is -0.144. The zero-order chi connectivity index (χ0) is 42.3. The Labute approximate surface area is 346 Å². The van der Waals surface area contributed by atoms with Crippen LogP contribution in [-0.4, -0.2) is 86.3 Å². The zero-order valence-corrected chi connectivity index (χ0v) is 33.6. The highest BCUT2D eigenvalue weighted by molar-refractivity contribution is 6.32. The standard InChI is InChI=1S/C42H46ClN7O9/c1-26-30(25-59-40-15-39(58-24-29-13-28(16-44)17-45-18-29)31(14-35(40)43)19-46-36(22-51)41(53)54)7-4-8-33(26)34-9-5-10-38(27(34)2)57-12-6-11-50-21-32(48-49-50)20-47-37(23-52)42(55)56-3/h4-5,7-10,13-15,17-18,21,36-37,46-47,51-52H,6,11-12,19-20,22-25H2,1-3H3,(H,53,54)/t36-,37-/m1/s1. The molecule has 0 amide bonds. The smallest absolute Gasteiger partial charge is 0.325 e. The predicted octanol–water partition coefficient (Wildman–Crippen LogP) is 4.27. The van der Waals surface area contributed by atoms with Crippen LogP contribution in [0.1, 0.15) is 45.5 Å². The van der Waals surface area contributed by atoms with Gasteiger partial charge in [-0.1, -0.05) is 47.1 Å². The number of ether oxygens (including phenoxy) is 4. The van der Waals surface area contributed by atoms with Crippen molar-refractivity contribution in [1.29, 1.82) is 5.26 Å². The number of halogens is 1. The van der Waals surface area contributed by atoms with Gasteiger partial charge in [0.15, 0.2) is 0 Å². The molecule has 0 aliphatic rings. The van der Waals surface area contributed by atoms with Crippen molar-refractivity contribution in [2.75, 3.05) is 26.9 Å². The van der Waals surface area contributed by atoms with E-state index in [9.17, 15) is 30.2 Å². The minimum atomic E-state index is -1.20. The molecule has 5 N–H and O–H groups in total. The molecular weight excluding hydrogens is 782 g/mol. The fraction of sp³-hybridized carbons (Fsp3) is 0.333. The summed E-state index contributed by atoms with van der Waals surface area (Å²) in [6.07, 6.45) is 5.47. The van der Waals surface area contributed by atoms with Crippen molar-refractivity contribution in [3.63, 3.8) is 0 Å². The number of carbonyl (C=O) groups is 2. The molecule has 0 saturated carbocycles. The first-order valence-corrected chi connectivity index (χ1v) is 19.0. The van der Waals surface area contributed by atoms with Crippen molar-refractivity contribution in [1.82, 2.24) is 30.6 Å². The average Bonchev–Trinajstić information content (AvgIpc) is 3.70. The highest BCUT2D eigenvalue weighted by atomic mass is 35.5. The topological polar surface area (TPSA) is 223 Å². The predicted molar refractivity (Wildman–Crippen MR) is 216 cm³/mol. The molecule has 0 aliphatic carbocycles. The molecule has 5 rings (SSSR count). The average molecular weight is 828 g/mol. The third-order valence-corrected chi connectivity index (χ3v) is 9.72. The number of esters is 1. The van der Waals surface area contributed by atoms with Gasteiger partial charge in [0.1, 0.15) is 48.6 Å². The number of carbonyl (C=O) groups excluding carboxylic acids is 1. The molecule has 16 nitrogen and oxygen atoms in total. The molecule has 0 saturated heterocycles. The molecule has 0 fully saturated rings. The van der Waals surface area contributed by atoms with Crippen molar-refractivity contribution in [2.45, 2.75) is 65.2 Å². The number of aromatic nitrogens is 4. The van der Waals surface area contributed by atoms with Crippen molar-refractivity contribution in [2.24, 2.45) is 0 Å². The van der Waals surface area contributed by atoms with E-state index in [0.29, 0.717) is 53.5 Å². The highest BCUT2D eigenvalue weighted by Crippen LogP contribution is 2.36. The van der Waals surface area contributed by atoms with Crippen LogP contribution >= 0.6 is 11.6 Å². The largest absolute Gasteiger partial charge is 0.493 e. The highest BCUT2D eigenvalue weighted by Gasteiger charge is 2.20. The fourth-order valence-corrected chi connectivity index (χ4v) is 6.33. The Morgan fingerprint density at radius 2 is 1.61 bits per heavy atom. The van der Waals surface area contributed by atoms with Crippen molar-refractivity contribution in [3.8, 4) is 34.4 Å². The van der Waals surface area contributed by atoms with E-state index in [2.05, 4.69) is 36.7 Å². The second-order valence-electron chi connectivity index (χ2n) is 13.4.